The van der Waals surface area contributed by atoms with Gasteiger partial charge in [-0.3, -0.25) is 9.59 Å². The first-order valence-corrected chi connectivity index (χ1v) is 9.46. The SMILES string of the molecule is CC(N)c1ncc(C(=O)N2CCCC2C(=O)NC(Cc2ccccc2)C(=O)O)o1. The van der Waals surface area contributed by atoms with Crippen molar-refractivity contribution in [3.63, 3.8) is 0 Å². The van der Waals surface area contributed by atoms with Crippen molar-refractivity contribution in [3.05, 3.63) is 53.7 Å². The Morgan fingerprint density at radius 2 is 2.07 bits per heavy atom. The summed E-state index contributed by atoms with van der Waals surface area (Å²) in [5, 5.41) is 12.1. The van der Waals surface area contributed by atoms with Crippen LogP contribution >= 0.6 is 0 Å². The minimum absolute atomic E-state index is 0.0103. The van der Waals surface area contributed by atoms with Crippen molar-refractivity contribution in [2.24, 2.45) is 5.73 Å². The van der Waals surface area contributed by atoms with Gasteiger partial charge in [-0.1, -0.05) is 30.3 Å². The fourth-order valence-corrected chi connectivity index (χ4v) is 3.34. The number of nitrogens with zero attached hydrogens (tertiary/aromatic N) is 2. The lowest BCUT2D eigenvalue weighted by molar-refractivity contribution is -0.142. The Labute approximate surface area is 167 Å². The molecule has 4 N–H and O–H groups in total. The van der Waals surface area contributed by atoms with E-state index >= 15 is 0 Å². The predicted octanol–water partition coefficient (Wildman–Crippen LogP) is 1.11. The molecule has 3 atom stereocenters. The van der Waals surface area contributed by atoms with Gasteiger partial charge in [0.05, 0.1) is 12.2 Å². The minimum atomic E-state index is -1.13. The highest BCUT2D eigenvalue weighted by Crippen LogP contribution is 2.22. The number of carbonyl (C=O) groups is 3. The third-order valence-electron chi connectivity index (χ3n) is 4.84. The Bertz CT molecular complexity index is 880. The van der Waals surface area contributed by atoms with Crippen molar-refractivity contribution < 1.29 is 23.9 Å². The zero-order chi connectivity index (χ0) is 21.0. The van der Waals surface area contributed by atoms with E-state index in [1.54, 1.807) is 31.2 Å². The molecule has 29 heavy (non-hydrogen) atoms. The number of nitrogens with one attached hydrogen (secondary N) is 1. The van der Waals surface area contributed by atoms with Gasteiger partial charge in [0.1, 0.15) is 12.1 Å². The smallest absolute Gasteiger partial charge is 0.326 e. The number of rotatable bonds is 7. The maximum Gasteiger partial charge on any atom is 0.326 e. The van der Waals surface area contributed by atoms with Crippen LogP contribution in [0.1, 0.15) is 47.8 Å². The first-order chi connectivity index (χ1) is 13.9. The van der Waals surface area contributed by atoms with E-state index in [4.69, 9.17) is 10.2 Å². The average Bonchev–Trinajstić information content (AvgIpc) is 3.37. The molecule has 1 aromatic heterocycles. The van der Waals surface area contributed by atoms with Gasteiger partial charge in [-0.25, -0.2) is 9.78 Å². The van der Waals surface area contributed by atoms with E-state index in [2.05, 4.69) is 10.3 Å². The van der Waals surface area contributed by atoms with E-state index < -0.39 is 35.9 Å². The molecule has 0 aliphatic carbocycles. The molecule has 3 unspecified atom stereocenters. The van der Waals surface area contributed by atoms with E-state index in [-0.39, 0.29) is 18.1 Å². The van der Waals surface area contributed by atoms with Gasteiger partial charge >= 0.3 is 5.97 Å². The fraction of sp³-hybridized carbons (Fsp3) is 0.400. The molecule has 1 aromatic carbocycles. The Kier molecular flexibility index (Phi) is 6.28. The van der Waals surface area contributed by atoms with Crippen molar-refractivity contribution in [1.29, 1.82) is 0 Å². The van der Waals surface area contributed by atoms with Crippen LogP contribution in [-0.4, -0.2) is 51.4 Å². The molecule has 9 nitrogen and oxygen atoms in total. The van der Waals surface area contributed by atoms with Crippen molar-refractivity contribution in [1.82, 2.24) is 15.2 Å². The maximum absolute atomic E-state index is 12.8. The van der Waals surface area contributed by atoms with Crippen LogP contribution in [0.2, 0.25) is 0 Å². The molecule has 2 aromatic rings. The Morgan fingerprint density at radius 1 is 1.34 bits per heavy atom. The quantitative estimate of drug-likeness (QED) is 0.633. The Hall–Kier alpha value is -3.20. The second-order valence-corrected chi connectivity index (χ2v) is 7.10. The lowest BCUT2D eigenvalue weighted by Crippen LogP contribution is -2.51. The molecule has 0 saturated carbocycles. The Balaban J connectivity index is 1.69. The highest BCUT2D eigenvalue weighted by Gasteiger charge is 2.37. The molecule has 1 saturated heterocycles. The van der Waals surface area contributed by atoms with Crippen LogP contribution in [0.5, 0.6) is 0 Å². The molecule has 2 heterocycles. The molecular weight excluding hydrogens is 376 g/mol. The van der Waals surface area contributed by atoms with E-state index in [0.29, 0.717) is 19.4 Å². The molecule has 0 radical (unpaired) electrons. The highest BCUT2D eigenvalue weighted by molar-refractivity contribution is 5.96. The lowest BCUT2D eigenvalue weighted by Gasteiger charge is -2.24. The van der Waals surface area contributed by atoms with Gasteiger partial charge in [0.2, 0.25) is 17.6 Å². The van der Waals surface area contributed by atoms with Crippen molar-refractivity contribution in [2.75, 3.05) is 6.54 Å². The number of aliphatic carboxylic acids is 1. The van der Waals surface area contributed by atoms with Crippen LogP contribution in [-0.2, 0) is 16.0 Å². The van der Waals surface area contributed by atoms with Crippen LogP contribution in [0, 0.1) is 0 Å². The summed E-state index contributed by atoms with van der Waals surface area (Å²) in [7, 11) is 0. The summed E-state index contributed by atoms with van der Waals surface area (Å²) >= 11 is 0. The number of amides is 2. The zero-order valence-corrected chi connectivity index (χ0v) is 16.1. The molecule has 2 amide bonds. The number of hydrogen-bond acceptors (Lipinski definition) is 6. The van der Waals surface area contributed by atoms with Gasteiger partial charge in [-0.15, -0.1) is 0 Å². The molecule has 0 bridgehead atoms. The molecule has 3 rings (SSSR count). The third kappa shape index (κ3) is 4.80. The van der Waals surface area contributed by atoms with Gasteiger partial charge in [0.15, 0.2) is 0 Å². The number of carboxylic acids is 1. The fourth-order valence-electron chi connectivity index (χ4n) is 3.34. The molecule has 1 aliphatic rings. The first-order valence-electron chi connectivity index (χ1n) is 9.46. The summed E-state index contributed by atoms with van der Waals surface area (Å²) in [5.41, 5.74) is 6.50. The van der Waals surface area contributed by atoms with Crippen LogP contribution < -0.4 is 11.1 Å². The summed E-state index contributed by atoms with van der Waals surface area (Å²) < 4.78 is 5.39. The summed E-state index contributed by atoms with van der Waals surface area (Å²) in [6.07, 6.45) is 2.53. The number of oxazole rings is 1. The van der Waals surface area contributed by atoms with Crippen LogP contribution in [0.3, 0.4) is 0 Å². The van der Waals surface area contributed by atoms with Crippen LogP contribution in [0.15, 0.2) is 40.9 Å². The molecule has 1 aliphatic heterocycles. The molecule has 0 spiro atoms. The molecule has 1 fully saturated rings. The van der Waals surface area contributed by atoms with Gasteiger partial charge in [-0.2, -0.15) is 0 Å². The van der Waals surface area contributed by atoms with Crippen molar-refractivity contribution in [2.45, 2.75) is 44.3 Å². The molecular formula is C20H24N4O5. The zero-order valence-electron chi connectivity index (χ0n) is 16.1. The predicted molar refractivity (Wildman–Crippen MR) is 103 cm³/mol. The standard InChI is InChI=1S/C20H24N4O5/c1-12(21)18-22-11-16(29-18)19(26)24-9-5-8-15(24)17(25)23-14(20(27)28)10-13-6-3-2-4-7-13/h2-4,6-7,11-12,14-15H,5,8-10,21H2,1H3,(H,23,25)(H,27,28). The largest absolute Gasteiger partial charge is 0.480 e. The normalized spacial score (nSPS) is 18.3. The first kappa shape index (κ1) is 20.5. The number of carbonyl (C=O) groups excluding carboxylic acids is 2. The van der Waals surface area contributed by atoms with Crippen LogP contribution in [0.25, 0.3) is 0 Å². The second-order valence-electron chi connectivity index (χ2n) is 7.10. The minimum Gasteiger partial charge on any atom is -0.480 e. The average molecular weight is 400 g/mol. The van der Waals surface area contributed by atoms with Gasteiger partial charge in [-0.05, 0) is 25.3 Å². The molecule has 154 valence electrons. The monoisotopic (exact) mass is 400 g/mol. The number of likely N-dealkylation sites (tertiary alicyclic amines) is 1. The topological polar surface area (TPSA) is 139 Å². The number of aromatic nitrogens is 1. The molecule has 9 heteroatoms. The maximum atomic E-state index is 12.8. The lowest BCUT2D eigenvalue weighted by atomic mass is 10.1. The number of benzene rings is 1. The van der Waals surface area contributed by atoms with E-state index in [9.17, 15) is 19.5 Å². The highest BCUT2D eigenvalue weighted by atomic mass is 16.4. The van der Waals surface area contributed by atoms with Gasteiger partial charge in [0, 0.05) is 13.0 Å². The van der Waals surface area contributed by atoms with Gasteiger partial charge in [0.25, 0.3) is 5.91 Å². The Morgan fingerprint density at radius 3 is 2.69 bits per heavy atom. The van der Waals surface area contributed by atoms with E-state index in [1.165, 1.54) is 11.1 Å². The van der Waals surface area contributed by atoms with Crippen LogP contribution in [0.4, 0.5) is 0 Å². The van der Waals surface area contributed by atoms with Crippen molar-refractivity contribution >= 4 is 17.8 Å². The van der Waals surface area contributed by atoms with Crippen molar-refractivity contribution in [3.8, 4) is 0 Å². The number of nitrogens with two attached hydrogens (primary N) is 1. The van der Waals surface area contributed by atoms with E-state index in [0.717, 1.165) is 5.56 Å². The summed E-state index contributed by atoms with van der Waals surface area (Å²) in [6.45, 7) is 2.06. The number of carboxylic acid groups (broad SMARTS) is 1. The van der Waals surface area contributed by atoms with Gasteiger partial charge < -0.3 is 25.5 Å². The second kappa shape index (κ2) is 8.87. The summed E-state index contributed by atoms with van der Waals surface area (Å²) in [5.74, 6) is -1.84. The summed E-state index contributed by atoms with van der Waals surface area (Å²) in [4.78, 5) is 42.5. The summed E-state index contributed by atoms with van der Waals surface area (Å²) in [6, 6.07) is 6.74. The number of hydrogen-bond donors (Lipinski definition) is 3. The third-order valence-corrected chi connectivity index (χ3v) is 4.84. The van der Waals surface area contributed by atoms with E-state index in [1.807, 2.05) is 6.07 Å².